The molecule has 0 saturated carbocycles. The summed E-state index contributed by atoms with van der Waals surface area (Å²) in [5.74, 6) is -0.209. The highest BCUT2D eigenvalue weighted by Crippen LogP contribution is 2.20. The Kier molecular flexibility index (Phi) is 4.07. The second-order valence-electron chi connectivity index (χ2n) is 3.76. The van der Waals surface area contributed by atoms with E-state index in [-0.39, 0.29) is 23.6 Å². The molecule has 1 fully saturated rings. The van der Waals surface area contributed by atoms with Gasteiger partial charge in [0, 0.05) is 12.5 Å². The molecule has 1 rings (SSSR count). The Morgan fingerprint density at radius 1 is 1.36 bits per heavy atom. The molecule has 0 radical (unpaired) electrons. The average molecular weight is 199 g/mol. The minimum absolute atomic E-state index is 0.0402. The zero-order valence-electron chi connectivity index (χ0n) is 8.71. The monoisotopic (exact) mass is 199 g/mol. The molecule has 0 aromatic carbocycles. The summed E-state index contributed by atoms with van der Waals surface area (Å²) in [5.41, 5.74) is 0. The third-order valence-corrected chi connectivity index (χ3v) is 2.74. The summed E-state index contributed by atoms with van der Waals surface area (Å²) in [6.07, 6.45) is 1.38. The van der Waals surface area contributed by atoms with Crippen molar-refractivity contribution in [1.82, 2.24) is 5.32 Å². The smallest absolute Gasteiger partial charge is 0.308 e. The van der Waals surface area contributed by atoms with Crippen molar-refractivity contribution in [2.75, 3.05) is 20.2 Å². The maximum absolute atomic E-state index is 11.3. The fraction of sp³-hybridized carbons (Fsp3) is 0.800. The lowest BCUT2D eigenvalue weighted by atomic mass is 9.91. The first-order chi connectivity index (χ1) is 6.65. The Balaban J connectivity index is 2.59. The molecular weight excluding hydrogens is 182 g/mol. The quantitative estimate of drug-likeness (QED) is 0.653. The topological polar surface area (TPSA) is 55.4 Å². The summed E-state index contributed by atoms with van der Waals surface area (Å²) in [7, 11) is 1.39. The number of hydrogen-bond acceptors (Lipinski definition) is 4. The number of ketones is 1. The minimum Gasteiger partial charge on any atom is -0.469 e. The van der Waals surface area contributed by atoms with Crippen molar-refractivity contribution in [3.05, 3.63) is 0 Å². The lowest BCUT2D eigenvalue weighted by Crippen LogP contribution is -2.25. The molecule has 1 aliphatic rings. The molecule has 0 aromatic rings. The number of Topliss-reactive ketones (excluding diaryl/α,β-unsaturated/α-hetero) is 1. The van der Waals surface area contributed by atoms with Gasteiger partial charge in [-0.1, -0.05) is 0 Å². The van der Waals surface area contributed by atoms with Crippen LogP contribution in [0.15, 0.2) is 0 Å². The van der Waals surface area contributed by atoms with Crippen LogP contribution >= 0.6 is 0 Å². The van der Waals surface area contributed by atoms with Crippen molar-refractivity contribution in [3.8, 4) is 0 Å². The van der Waals surface area contributed by atoms with E-state index in [0.29, 0.717) is 13.0 Å². The molecule has 4 heteroatoms. The highest BCUT2D eigenvalue weighted by Gasteiger charge is 2.27. The van der Waals surface area contributed by atoms with E-state index >= 15 is 0 Å². The van der Waals surface area contributed by atoms with Gasteiger partial charge in [-0.05, 0) is 26.3 Å². The first-order valence-corrected chi connectivity index (χ1v) is 4.94. The zero-order chi connectivity index (χ0) is 10.6. The van der Waals surface area contributed by atoms with Crippen LogP contribution in [0.25, 0.3) is 0 Å². The third kappa shape index (κ3) is 2.80. The summed E-state index contributed by atoms with van der Waals surface area (Å²) in [5, 5.41) is 3.16. The van der Waals surface area contributed by atoms with Crippen LogP contribution in [0.1, 0.15) is 19.8 Å². The molecule has 0 spiro atoms. The van der Waals surface area contributed by atoms with Gasteiger partial charge in [0.05, 0.1) is 13.0 Å². The predicted octanol–water partition coefficient (Wildman–Crippen LogP) is 0.364. The number of methoxy groups -OCH3 is 1. The van der Waals surface area contributed by atoms with E-state index in [1.807, 2.05) is 0 Å². The van der Waals surface area contributed by atoms with E-state index in [1.165, 1.54) is 7.11 Å². The summed E-state index contributed by atoms with van der Waals surface area (Å²) >= 11 is 0. The van der Waals surface area contributed by atoms with Crippen molar-refractivity contribution in [2.24, 2.45) is 11.8 Å². The lowest BCUT2D eigenvalue weighted by Gasteiger charge is -2.14. The molecule has 1 aliphatic heterocycles. The van der Waals surface area contributed by atoms with Gasteiger partial charge in [-0.15, -0.1) is 0 Å². The third-order valence-electron chi connectivity index (χ3n) is 2.74. The maximum atomic E-state index is 11.3. The van der Waals surface area contributed by atoms with Gasteiger partial charge in [-0.2, -0.15) is 0 Å². The van der Waals surface area contributed by atoms with Crippen LogP contribution in [0, 0.1) is 11.8 Å². The zero-order valence-corrected chi connectivity index (χ0v) is 8.71. The number of hydrogen-bond donors (Lipinski definition) is 1. The second-order valence-corrected chi connectivity index (χ2v) is 3.76. The van der Waals surface area contributed by atoms with Crippen molar-refractivity contribution < 1.29 is 14.3 Å². The number of ether oxygens (including phenoxy) is 1. The van der Waals surface area contributed by atoms with Gasteiger partial charge < -0.3 is 10.1 Å². The van der Waals surface area contributed by atoms with Crippen LogP contribution in [0.2, 0.25) is 0 Å². The Bertz CT molecular complexity index is 227. The molecule has 1 heterocycles. The lowest BCUT2D eigenvalue weighted by molar-refractivity contribution is -0.146. The first-order valence-electron chi connectivity index (χ1n) is 4.94. The second kappa shape index (κ2) is 5.10. The van der Waals surface area contributed by atoms with Crippen LogP contribution in [0.3, 0.4) is 0 Å². The minimum atomic E-state index is -0.194. The van der Waals surface area contributed by atoms with Crippen molar-refractivity contribution >= 4 is 11.8 Å². The summed E-state index contributed by atoms with van der Waals surface area (Å²) in [4.78, 5) is 22.5. The molecule has 1 saturated heterocycles. The molecule has 14 heavy (non-hydrogen) atoms. The van der Waals surface area contributed by atoms with E-state index < -0.39 is 0 Å². The molecule has 0 aliphatic carbocycles. The summed E-state index contributed by atoms with van der Waals surface area (Å²) < 4.78 is 4.70. The molecule has 2 unspecified atom stereocenters. The van der Waals surface area contributed by atoms with Gasteiger partial charge in [0.25, 0.3) is 0 Å². The Morgan fingerprint density at radius 3 is 2.64 bits per heavy atom. The van der Waals surface area contributed by atoms with Crippen molar-refractivity contribution in [3.63, 3.8) is 0 Å². The van der Waals surface area contributed by atoms with Gasteiger partial charge in [0.1, 0.15) is 5.78 Å². The highest BCUT2D eigenvalue weighted by molar-refractivity contribution is 5.80. The van der Waals surface area contributed by atoms with Crippen LogP contribution in [-0.4, -0.2) is 32.0 Å². The molecule has 4 nitrogen and oxygen atoms in total. The van der Waals surface area contributed by atoms with E-state index in [1.54, 1.807) is 6.92 Å². The standard InChI is InChI=1S/C10H17NO3/c1-7(12)9-5-8(10(13)14-2)3-4-11-6-9/h8-9,11H,3-6H2,1-2H3. The predicted molar refractivity (Wildman–Crippen MR) is 51.8 cm³/mol. The van der Waals surface area contributed by atoms with Crippen molar-refractivity contribution in [2.45, 2.75) is 19.8 Å². The Morgan fingerprint density at radius 2 is 2.07 bits per heavy atom. The van der Waals surface area contributed by atoms with Gasteiger partial charge in [-0.3, -0.25) is 9.59 Å². The number of rotatable bonds is 2. The normalized spacial score (nSPS) is 27.9. The molecule has 0 aromatic heterocycles. The number of esters is 1. The number of carbonyl (C=O) groups excluding carboxylic acids is 2. The SMILES string of the molecule is COC(=O)C1CCNCC(C(C)=O)C1. The maximum Gasteiger partial charge on any atom is 0.308 e. The van der Waals surface area contributed by atoms with E-state index in [9.17, 15) is 9.59 Å². The van der Waals surface area contributed by atoms with E-state index in [2.05, 4.69) is 5.32 Å². The van der Waals surface area contributed by atoms with Gasteiger partial charge in [-0.25, -0.2) is 0 Å². The first kappa shape index (κ1) is 11.2. The van der Waals surface area contributed by atoms with Crippen LogP contribution in [0.4, 0.5) is 0 Å². The molecule has 0 bridgehead atoms. The fourth-order valence-corrected chi connectivity index (χ4v) is 1.79. The Hall–Kier alpha value is -0.900. The van der Waals surface area contributed by atoms with Gasteiger partial charge >= 0.3 is 5.97 Å². The van der Waals surface area contributed by atoms with Gasteiger partial charge in [0.2, 0.25) is 0 Å². The fourth-order valence-electron chi connectivity index (χ4n) is 1.79. The summed E-state index contributed by atoms with van der Waals surface area (Å²) in [6.45, 7) is 3.04. The molecule has 0 amide bonds. The highest BCUT2D eigenvalue weighted by atomic mass is 16.5. The molecule has 80 valence electrons. The number of nitrogens with one attached hydrogen (secondary N) is 1. The summed E-state index contributed by atoms with van der Waals surface area (Å²) in [6, 6.07) is 0. The number of carbonyl (C=O) groups is 2. The van der Waals surface area contributed by atoms with Gasteiger partial charge in [0.15, 0.2) is 0 Å². The van der Waals surface area contributed by atoms with E-state index in [4.69, 9.17) is 4.74 Å². The van der Waals surface area contributed by atoms with Crippen LogP contribution < -0.4 is 5.32 Å². The molecule has 2 atom stereocenters. The van der Waals surface area contributed by atoms with Crippen LogP contribution in [-0.2, 0) is 14.3 Å². The van der Waals surface area contributed by atoms with Crippen LogP contribution in [0.5, 0.6) is 0 Å². The van der Waals surface area contributed by atoms with E-state index in [0.717, 1.165) is 13.0 Å². The average Bonchev–Trinajstić information content (AvgIpc) is 2.41. The van der Waals surface area contributed by atoms with Crippen molar-refractivity contribution in [1.29, 1.82) is 0 Å². The molecule has 1 N–H and O–H groups in total. The Labute approximate surface area is 84.0 Å². The molecular formula is C10H17NO3. The largest absolute Gasteiger partial charge is 0.469 e.